The summed E-state index contributed by atoms with van der Waals surface area (Å²) in [6.07, 6.45) is 11.3. The molecule has 0 aliphatic rings. The molecule has 1 aromatic rings. The first-order valence-electron chi connectivity index (χ1n) is 11.3. The fraction of sp³-hybridized carbons (Fsp3) is 0.696. The Balaban J connectivity index is 2.13. The number of hydrogen-bond donors (Lipinski definition) is 2. The molecular weight excluding hydrogens is 402 g/mol. The Morgan fingerprint density at radius 1 is 0.967 bits per heavy atom. The Labute approximate surface area is 182 Å². The molecule has 0 aliphatic heterocycles. The van der Waals surface area contributed by atoms with Gasteiger partial charge in [-0.15, -0.1) is 0 Å². The van der Waals surface area contributed by atoms with Gasteiger partial charge in [-0.1, -0.05) is 70.4 Å². The molecule has 2 N–H and O–H groups in total. The molecule has 0 heterocycles. The van der Waals surface area contributed by atoms with E-state index in [-0.39, 0.29) is 11.7 Å². The van der Waals surface area contributed by atoms with E-state index in [2.05, 4.69) is 12.2 Å². The van der Waals surface area contributed by atoms with E-state index in [0.29, 0.717) is 19.4 Å². The number of nitrogens with one attached hydrogen (secondary N) is 1. The highest BCUT2D eigenvalue weighted by atomic mass is 32.2. The molecule has 1 rings (SSSR count). The average Bonchev–Trinajstić information content (AvgIpc) is 2.67. The standard InChI is InChI=1S/C23H39NO5S/c1-3-4-18-29-23-20(2)15-14-16-21(23)24-22(25)17-12-10-8-6-5-7-9-11-13-19-30(26,27)28/h14-16H,3-13,17-19H2,1-2H3,(H,24,25)(H,26,27,28). The number of hydrogen-bond acceptors (Lipinski definition) is 4. The molecule has 0 saturated heterocycles. The summed E-state index contributed by atoms with van der Waals surface area (Å²) in [7, 11) is -3.81. The zero-order valence-corrected chi connectivity index (χ0v) is 19.4. The molecule has 1 aromatic carbocycles. The van der Waals surface area contributed by atoms with Gasteiger partial charge in [0, 0.05) is 6.42 Å². The van der Waals surface area contributed by atoms with Crippen molar-refractivity contribution >= 4 is 21.7 Å². The van der Waals surface area contributed by atoms with E-state index in [0.717, 1.165) is 81.2 Å². The van der Waals surface area contributed by atoms with E-state index in [1.165, 1.54) is 0 Å². The SMILES string of the molecule is CCCCOc1c(C)cccc1NC(=O)CCCCCCCCCCCS(=O)(=O)O. The molecule has 0 saturated carbocycles. The number of amides is 1. The van der Waals surface area contributed by atoms with Crippen LogP contribution in [-0.4, -0.2) is 31.2 Å². The van der Waals surface area contributed by atoms with Crippen LogP contribution in [0.2, 0.25) is 0 Å². The summed E-state index contributed by atoms with van der Waals surface area (Å²) in [5, 5.41) is 3.00. The van der Waals surface area contributed by atoms with E-state index in [1.807, 2.05) is 25.1 Å². The minimum Gasteiger partial charge on any atom is -0.491 e. The maximum absolute atomic E-state index is 12.3. The summed E-state index contributed by atoms with van der Waals surface area (Å²) in [4.78, 5) is 12.3. The second-order valence-electron chi connectivity index (χ2n) is 7.92. The summed E-state index contributed by atoms with van der Waals surface area (Å²) >= 11 is 0. The number of unbranched alkanes of at least 4 members (excludes halogenated alkanes) is 9. The van der Waals surface area contributed by atoms with Gasteiger partial charge in [0.2, 0.25) is 5.91 Å². The fourth-order valence-corrected chi connectivity index (χ4v) is 3.85. The second-order valence-corrected chi connectivity index (χ2v) is 9.49. The Kier molecular flexibility index (Phi) is 13.4. The van der Waals surface area contributed by atoms with Crippen molar-refractivity contribution in [1.29, 1.82) is 0 Å². The molecule has 30 heavy (non-hydrogen) atoms. The van der Waals surface area contributed by atoms with Gasteiger partial charge in [0.25, 0.3) is 10.1 Å². The lowest BCUT2D eigenvalue weighted by Crippen LogP contribution is -2.13. The molecule has 0 radical (unpaired) electrons. The highest BCUT2D eigenvalue weighted by Gasteiger charge is 2.10. The number of carbonyl (C=O) groups is 1. The van der Waals surface area contributed by atoms with Crippen LogP contribution in [0, 0.1) is 6.92 Å². The Morgan fingerprint density at radius 2 is 1.57 bits per heavy atom. The lowest BCUT2D eigenvalue weighted by Gasteiger charge is -2.14. The number of anilines is 1. The molecule has 0 unspecified atom stereocenters. The van der Waals surface area contributed by atoms with Crippen LogP contribution in [-0.2, 0) is 14.9 Å². The number of ether oxygens (including phenoxy) is 1. The van der Waals surface area contributed by atoms with E-state index in [1.54, 1.807) is 0 Å². The van der Waals surface area contributed by atoms with E-state index < -0.39 is 10.1 Å². The molecule has 0 aromatic heterocycles. The van der Waals surface area contributed by atoms with Crippen molar-refractivity contribution in [3.8, 4) is 5.75 Å². The predicted octanol–water partition coefficient (Wildman–Crippen LogP) is 5.90. The lowest BCUT2D eigenvalue weighted by atomic mass is 10.1. The first-order valence-corrected chi connectivity index (χ1v) is 12.9. The van der Waals surface area contributed by atoms with Gasteiger partial charge in [0.05, 0.1) is 18.0 Å². The predicted molar refractivity (Wildman–Crippen MR) is 123 cm³/mol. The molecule has 1 amide bonds. The maximum Gasteiger partial charge on any atom is 0.264 e. The van der Waals surface area contributed by atoms with Crippen LogP contribution in [0.4, 0.5) is 5.69 Å². The molecular formula is C23H39NO5S. The van der Waals surface area contributed by atoms with E-state index >= 15 is 0 Å². The highest BCUT2D eigenvalue weighted by Crippen LogP contribution is 2.29. The monoisotopic (exact) mass is 441 g/mol. The minimum absolute atomic E-state index is 0.0276. The third-order valence-corrected chi connectivity index (χ3v) is 5.84. The molecule has 0 spiro atoms. The zero-order chi connectivity index (χ0) is 22.2. The highest BCUT2D eigenvalue weighted by molar-refractivity contribution is 7.85. The van der Waals surface area contributed by atoms with Gasteiger partial charge in [-0.05, 0) is 37.8 Å². The number of carbonyl (C=O) groups excluding carboxylic acids is 1. The molecule has 6 nitrogen and oxygen atoms in total. The Bertz CT molecular complexity index is 718. The third-order valence-electron chi connectivity index (χ3n) is 5.04. The zero-order valence-electron chi connectivity index (χ0n) is 18.6. The maximum atomic E-state index is 12.3. The van der Waals surface area contributed by atoms with Crippen molar-refractivity contribution in [1.82, 2.24) is 0 Å². The topological polar surface area (TPSA) is 92.7 Å². The third kappa shape index (κ3) is 12.9. The molecule has 172 valence electrons. The van der Waals surface area contributed by atoms with Crippen molar-refractivity contribution in [2.24, 2.45) is 0 Å². The summed E-state index contributed by atoms with van der Waals surface area (Å²) in [6, 6.07) is 5.81. The molecule has 0 atom stereocenters. The van der Waals surface area contributed by atoms with Crippen LogP contribution in [0.1, 0.15) is 89.5 Å². The van der Waals surface area contributed by atoms with Gasteiger partial charge in [-0.3, -0.25) is 9.35 Å². The number of para-hydroxylation sites is 1. The Morgan fingerprint density at radius 3 is 2.17 bits per heavy atom. The van der Waals surface area contributed by atoms with E-state index in [9.17, 15) is 13.2 Å². The molecule has 7 heteroatoms. The second kappa shape index (κ2) is 15.2. The number of benzene rings is 1. The van der Waals surface area contributed by atoms with Crippen LogP contribution < -0.4 is 10.1 Å². The Hall–Kier alpha value is -1.60. The smallest absolute Gasteiger partial charge is 0.264 e. The van der Waals surface area contributed by atoms with Crippen molar-refractivity contribution in [3.05, 3.63) is 23.8 Å². The lowest BCUT2D eigenvalue weighted by molar-refractivity contribution is -0.116. The van der Waals surface area contributed by atoms with Gasteiger partial charge in [-0.25, -0.2) is 0 Å². The number of aryl methyl sites for hydroxylation is 1. The summed E-state index contributed by atoms with van der Waals surface area (Å²) in [5.74, 6) is 0.667. The van der Waals surface area contributed by atoms with Gasteiger partial charge in [-0.2, -0.15) is 8.42 Å². The van der Waals surface area contributed by atoms with Crippen LogP contribution in [0.15, 0.2) is 18.2 Å². The van der Waals surface area contributed by atoms with Gasteiger partial charge in [0.15, 0.2) is 0 Å². The summed E-state index contributed by atoms with van der Waals surface area (Å²) in [6.45, 7) is 4.77. The summed E-state index contributed by atoms with van der Waals surface area (Å²) in [5.41, 5.74) is 1.78. The van der Waals surface area contributed by atoms with Crippen LogP contribution >= 0.6 is 0 Å². The van der Waals surface area contributed by atoms with Crippen molar-refractivity contribution < 1.29 is 22.5 Å². The van der Waals surface area contributed by atoms with E-state index in [4.69, 9.17) is 9.29 Å². The minimum atomic E-state index is -3.81. The molecule has 0 aliphatic carbocycles. The largest absolute Gasteiger partial charge is 0.491 e. The normalized spacial score (nSPS) is 11.4. The first kappa shape index (κ1) is 26.4. The van der Waals surface area contributed by atoms with Crippen molar-refractivity contribution in [2.75, 3.05) is 17.7 Å². The molecule has 0 bridgehead atoms. The van der Waals surface area contributed by atoms with Crippen LogP contribution in [0.25, 0.3) is 0 Å². The number of rotatable bonds is 17. The fourth-order valence-electron chi connectivity index (χ4n) is 3.28. The quantitative estimate of drug-likeness (QED) is 0.232. The van der Waals surface area contributed by atoms with Crippen molar-refractivity contribution in [3.63, 3.8) is 0 Å². The molecule has 0 fully saturated rings. The average molecular weight is 442 g/mol. The van der Waals surface area contributed by atoms with Gasteiger partial charge in [0.1, 0.15) is 5.75 Å². The van der Waals surface area contributed by atoms with Gasteiger partial charge >= 0.3 is 0 Å². The summed E-state index contributed by atoms with van der Waals surface area (Å²) < 4.78 is 35.8. The van der Waals surface area contributed by atoms with Crippen LogP contribution in [0.5, 0.6) is 5.75 Å². The van der Waals surface area contributed by atoms with Crippen molar-refractivity contribution in [2.45, 2.75) is 90.9 Å². The van der Waals surface area contributed by atoms with Gasteiger partial charge < -0.3 is 10.1 Å². The van der Waals surface area contributed by atoms with Crippen LogP contribution in [0.3, 0.4) is 0 Å². The first-order chi connectivity index (χ1) is 14.3.